The Morgan fingerprint density at radius 2 is 1.83 bits per heavy atom. The van der Waals surface area contributed by atoms with Gasteiger partial charge in [-0.15, -0.1) is 0 Å². The molecular weight excluding hydrogens is 306 g/mol. The lowest BCUT2D eigenvalue weighted by Gasteiger charge is -2.06. The number of benzene rings is 2. The first-order valence-electron chi connectivity index (χ1n) is 7.08. The van der Waals surface area contributed by atoms with Crippen molar-refractivity contribution in [1.29, 1.82) is 5.26 Å². The highest BCUT2D eigenvalue weighted by Crippen LogP contribution is 2.16. The van der Waals surface area contributed by atoms with Gasteiger partial charge in [-0.3, -0.25) is 9.59 Å². The molecule has 2 aromatic rings. The van der Waals surface area contributed by atoms with E-state index in [4.69, 9.17) is 5.26 Å². The van der Waals surface area contributed by atoms with Crippen LogP contribution in [0.2, 0.25) is 0 Å². The second-order valence-electron chi connectivity index (χ2n) is 4.95. The molecule has 0 unspecified atom stereocenters. The van der Waals surface area contributed by atoms with E-state index in [1.807, 2.05) is 0 Å². The van der Waals surface area contributed by atoms with Crippen molar-refractivity contribution in [2.75, 3.05) is 10.6 Å². The number of aromatic hydroxyl groups is 1. The summed E-state index contributed by atoms with van der Waals surface area (Å²) in [4.78, 5) is 23.3. The van der Waals surface area contributed by atoms with Crippen LogP contribution in [0.1, 0.15) is 17.3 Å². The Kier molecular flexibility index (Phi) is 5.32. The lowest BCUT2D eigenvalue weighted by Crippen LogP contribution is -2.14. The number of hydrogen-bond donors (Lipinski definition) is 3. The monoisotopic (exact) mass is 321 g/mol. The van der Waals surface area contributed by atoms with Crippen LogP contribution in [0.5, 0.6) is 5.75 Å². The summed E-state index contributed by atoms with van der Waals surface area (Å²) in [7, 11) is 0. The second kappa shape index (κ2) is 7.61. The third-order valence-electron chi connectivity index (χ3n) is 3.14. The van der Waals surface area contributed by atoms with E-state index in [0.717, 1.165) is 0 Å². The molecule has 0 atom stereocenters. The number of hydrogen-bond acceptors (Lipinski definition) is 5. The maximum absolute atomic E-state index is 12.1. The number of phenolic OH excluding ortho intramolecular Hbond substituents is 1. The number of phenols is 1. The van der Waals surface area contributed by atoms with Crippen molar-refractivity contribution in [3.63, 3.8) is 0 Å². The van der Waals surface area contributed by atoms with Gasteiger partial charge in [-0.1, -0.05) is 6.07 Å². The Morgan fingerprint density at radius 1 is 1.12 bits per heavy atom. The molecule has 0 aliphatic heterocycles. The van der Waals surface area contributed by atoms with Crippen LogP contribution < -0.4 is 10.6 Å². The molecule has 0 aliphatic carbocycles. The highest BCUT2D eigenvalue weighted by molar-refractivity contribution is 6.07. The van der Waals surface area contributed by atoms with Gasteiger partial charge in [0.2, 0.25) is 0 Å². The van der Waals surface area contributed by atoms with Gasteiger partial charge < -0.3 is 15.7 Å². The van der Waals surface area contributed by atoms with Crippen LogP contribution in [-0.2, 0) is 4.79 Å². The SMILES string of the molecule is CC(=O)c1ccc(NC(=O)/C(C#N)=C\Nc2cccc(O)c2)cc1. The Balaban J connectivity index is 2.07. The van der Waals surface area contributed by atoms with E-state index in [0.29, 0.717) is 16.9 Å². The molecule has 6 nitrogen and oxygen atoms in total. The lowest BCUT2D eigenvalue weighted by atomic mass is 10.1. The van der Waals surface area contributed by atoms with E-state index >= 15 is 0 Å². The van der Waals surface area contributed by atoms with Crippen LogP contribution in [0, 0.1) is 11.3 Å². The van der Waals surface area contributed by atoms with Gasteiger partial charge in [0.05, 0.1) is 0 Å². The predicted octanol–water partition coefficient (Wildman–Crippen LogP) is 3.05. The van der Waals surface area contributed by atoms with Crippen molar-refractivity contribution in [2.24, 2.45) is 0 Å². The number of carbonyl (C=O) groups is 2. The zero-order chi connectivity index (χ0) is 17.5. The van der Waals surface area contributed by atoms with E-state index in [1.54, 1.807) is 42.5 Å². The van der Waals surface area contributed by atoms with Crippen molar-refractivity contribution in [2.45, 2.75) is 6.92 Å². The van der Waals surface area contributed by atoms with Crippen molar-refractivity contribution < 1.29 is 14.7 Å². The molecule has 1 amide bonds. The molecule has 0 spiro atoms. The van der Waals surface area contributed by atoms with E-state index in [9.17, 15) is 14.7 Å². The summed E-state index contributed by atoms with van der Waals surface area (Å²) >= 11 is 0. The maximum Gasteiger partial charge on any atom is 0.267 e. The molecule has 6 heteroatoms. The average Bonchev–Trinajstić information content (AvgIpc) is 2.56. The van der Waals surface area contributed by atoms with Crippen LogP contribution >= 0.6 is 0 Å². The second-order valence-corrected chi connectivity index (χ2v) is 4.95. The highest BCUT2D eigenvalue weighted by Gasteiger charge is 2.09. The van der Waals surface area contributed by atoms with E-state index in [1.165, 1.54) is 25.3 Å². The molecule has 0 radical (unpaired) electrons. The number of anilines is 2. The van der Waals surface area contributed by atoms with Crippen LogP contribution in [0.15, 0.2) is 60.3 Å². The van der Waals surface area contributed by atoms with Gasteiger partial charge in [-0.05, 0) is 43.3 Å². The first-order chi connectivity index (χ1) is 11.5. The molecule has 0 saturated carbocycles. The van der Waals surface area contributed by atoms with Crippen molar-refractivity contribution in [3.8, 4) is 11.8 Å². The summed E-state index contributed by atoms with van der Waals surface area (Å²) < 4.78 is 0. The Bertz CT molecular complexity index is 833. The van der Waals surface area contributed by atoms with Crippen LogP contribution in [0.4, 0.5) is 11.4 Å². The average molecular weight is 321 g/mol. The smallest absolute Gasteiger partial charge is 0.267 e. The minimum absolute atomic E-state index is 0.0687. The van der Waals surface area contributed by atoms with Gasteiger partial charge in [-0.25, -0.2) is 0 Å². The van der Waals surface area contributed by atoms with E-state index in [-0.39, 0.29) is 17.1 Å². The molecule has 24 heavy (non-hydrogen) atoms. The zero-order valence-corrected chi connectivity index (χ0v) is 12.9. The summed E-state index contributed by atoms with van der Waals surface area (Å²) in [5.74, 6) is -0.580. The number of ketones is 1. The summed E-state index contributed by atoms with van der Waals surface area (Å²) in [6.07, 6.45) is 1.26. The Labute approximate surface area is 139 Å². The third kappa shape index (κ3) is 4.45. The molecule has 0 heterocycles. The number of amides is 1. The molecule has 0 aliphatic rings. The summed E-state index contributed by atoms with van der Waals surface area (Å²) in [6.45, 7) is 1.46. The highest BCUT2D eigenvalue weighted by atomic mass is 16.3. The van der Waals surface area contributed by atoms with Gasteiger partial charge in [-0.2, -0.15) is 5.26 Å². The lowest BCUT2D eigenvalue weighted by molar-refractivity contribution is -0.112. The van der Waals surface area contributed by atoms with Gasteiger partial charge in [0.1, 0.15) is 17.4 Å². The Morgan fingerprint density at radius 3 is 2.42 bits per heavy atom. The molecule has 2 rings (SSSR count). The first kappa shape index (κ1) is 16.8. The van der Waals surface area contributed by atoms with Gasteiger partial charge in [0.25, 0.3) is 5.91 Å². The number of nitriles is 1. The topological polar surface area (TPSA) is 102 Å². The third-order valence-corrected chi connectivity index (χ3v) is 3.14. The number of nitrogens with one attached hydrogen (secondary N) is 2. The molecule has 120 valence electrons. The minimum Gasteiger partial charge on any atom is -0.508 e. The molecule has 3 N–H and O–H groups in total. The predicted molar refractivity (Wildman–Crippen MR) is 90.5 cm³/mol. The van der Waals surface area contributed by atoms with Crippen LogP contribution in [0.3, 0.4) is 0 Å². The molecule has 0 saturated heterocycles. The Hall–Kier alpha value is -3.59. The van der Waals surface area contributed by atoms with E-state index in [2.05, 4.69) is 10.6 Å². The number of carbonyl (C=O) groups excluding carboxylic acids is 2. The fraction of sp³-hybridized carbons (Fsp3) is 0.0556. The van der Waals surface area contributed by atoms with Crippen LogP contribution in [-0.4, -0.2) is 16.8 Å². The van der Waals surface area contributed by atoms with Gasteiger partial charge >= 0.3 is 0 Å². The molecule has 0 aromatic heterocycles. The quantitative estimate of drug-likeness (QED) is 0.446. The van der Waals surface area contributed by atoms with Crippen LogP contribution in [0.25, 0.3) is 0 Å². The van der Waals surface area contributed by atoms with Gasteiger partial charge in [0.15, 0.2) is 5.78 Å². The molecule has 0 fully saturated rings. The molecule has 2 aromatic carbocycles. The summed E-state index contributed by atoms with van der Waals surface area (Å²) in [6, 6.07) is 14.5. The largest absolute Gasteiger partial charge is 0.508 e. The molecular formula is C18H15N3O3. The van der Waals surface area contributed by atoms with E-state index < -0.39 is 5.91 Å². The fourth-order valence-corrected chi connectivity index (χ4v) is 1.89. The van der Waals surface area contributed by atoms with Crippen molar-refractivity contribution >= 4 is 23.1 Å². The standard InChI is InChI=1S/C18H15N3O3/c1-12(22)13-5-7-15(8-6-13)21-18(24)14(10-19)11-20-16-3-2-4-17(23)9-16/h2-9,11,20,23H,1H3,(H,21,24)/b14-11-. The minimum atomic E-state index is -0.583. The summed E-state index contributed by atoms with van der Waals surface area (Å²) in [5.41, 5.74) is 1.42. The van der Waals surface area contributed by atoms with Crippen molar-refractivity contribution in [3.05, 3.63) is 65.9 Å². The first-order valence-corrected chi connectivity index (χ1v) is 7.08. The number of rotatable bonds is 5. The number of Topliss-reactive ketones (excluding diaryl/α,β-unsaturated/α-hetero) is 1. The molecule has 0 bridgehead atoms. The normalized spacial score (nSPS) is 10.6. The maximum atomic E-state index is 12.1. The fourth-order valence-electron chi connectivity index (χ4n) is 1.89. The van der Waals surface area contributed by atoms with Crippen molar-refractivity contribution in [1.82, 2.24) is 0 Å². The number of nitrogens with zero attached hydrogens (tertiary/aromatic N) is 1. The zero-order valence-electron chi connectivity index (χ0n) is 12.9. The van der Waals surface area contributed by atoms with Gasteiger partial charge in [0, 0.05) is 29.2 Å². The summed E-state index contributed by atoms with van der Waals surface area (Å²) in [5, 5.41) is 23.8.